The van der Waals surface area contributed by atoms with Gasteiger partial charge in [-0.1, -0.05) is 30.3 Å². The van der Waals surface area contributed by atoms with Gasteiger partial charge in [0.2, 0.25) is 0 Å². The van der Waals surface area contributed by atoms with E-state index in [0.29, 0.717) is 18.9 Å². The van der Waals surface area contributed by atoms with Gasteiger partial charge in [0.1, 0.15) is 5.75 Å². The molecule has 3 nitrogen and oxygen atoms in total. The summed E-state index contributed by atoms with van der Waals surface area (Å²) in [4.78, 5) is 0. The van der Waals surface area contributed by atoms with Gasteiger partial charge in [-0.3, -0.25) is 0 Å². The number of benzene rings is 2. The standard InChI is InChI=1S/C16H18FNO2/c1-19-11-10-18-12-13-6-2-4-8-15(13)20-16-9-5-3-7-14(16)17/h2-9,18H,10-12H2,1H3. The van der Waals surface area contributed by atoms with Crippen molar-refractivity contribution >= 4 is 0 Å². The largest absolute Gasteiger partial charge is 0.454 e. The lowest BCUT2D eigenvalue weighted by Crippen LogP contribution is -2.18. The Morgan fingerprint density at radius 1 is 1.00 bits per heavy atom. The predicted molar refractivity (Wildman–Crippen MR) is 76.5 cm³/mol. The number of halogens is 1. The molecule has 0 aliphatic rings. The Kier molecular flexibility index (Phi) is 5.53. The van der Waals surface area contributed by atoms with Crippen molar-refractivity contribution in [2.45, 2.75) is 6.54 Å². The topological polar surface area (TPSA) is 30.5 Å². The van der Waals surface area contributed by atoms with Crippen molar-refractivity contribution in [2.24, 2.45) is 0 Å². The third-order valence-corrected chi connectivity index (χ3v) is 2.83. The summed E-state index contributed by atoms with van der Waals surface area (Å²) in [6.45, 7) is 2.05. The summed E-state index contributed by atoms with van der Waals surface area (Å²) in [6, 6.07) is 14.0. The second kappa shape index (κ2) is 7.62. The van der Waals surface area contributed by atoms with Gasteiger partial charge in [0.05, 0.1) is 6.61 Å². The normalized spacial score (nSPS) is 10.5. The first-order valence-corrected chi connectivity index (χ1v) is 6.51. The van der Waals surface area contributed by atoms with Crippen molar-refractivity contribution in [1.29, 1.82) is 0 Å². The third kappa shape index (κ3) is 4.05. The molecule has 0 heterocycles. The molecule has 0 fully saturated rings. The van der Waals surface area contributed by atoms with Crippen molar-refractivity contribution in [3.8, 4) is 11.5 Å². The molecule has 0 aliphatic heterocycles. The van der Waals surface area contributed by atoms with E-state index in [4.69, 9.17) is 9.47 Å². The Bertz CT molecular complexity index is 546. The molecule has 2 aromatic carbocycles. The first-order valence-electron chi connectivity index (χ1n) is 6.51. The van der Waals surface area contributed by atoms with Crippen LogP contribution in [0.15, 0.2) is 48.5 Å². The minimum Gasteiger partial charge on any atom is -0.454 e. The Balaban J connectivity index is 2.06. The summed E-state index contributed by atoms with van der Waals surface area (Å²) in [5.41, 5.74) is 0.979. The van der Waals surface area contributed by atoms with Crippen molar-refractivity contribution < 1.29 is 13.9 Å². The van der Waals surface area contributed by atoms with Gasteiger partial charge in [0.15, 0.2) is 11.6 Å². The Labute approximate surface area is 118 Å². The van der Waals surface area contributed by atoms with E-state index in [1.807, 2.05) is 24.3 Å². The number of nitrogens with one attached hydrogen (secondary N) is 1. The highest BCUT2D eigenvalue weighted by Gasteiger charge is 2.07. The van der Waals surface area contributed by atoms with E-state index in [2.05, 4.69) is 5.32 Å². The van der Waals surface area contributed by atoms with E-state index in [1.165, 1.54) is 6.07 Å². The maximum Gasteiger partial charge on any atom is 0.165 e. The first kappa shape index (κ1) is 14.5. The zero-order valence-corrected chi connectivity index (χ0v) is 11.4. The second-order valence-electron chi connectivity index (χ2n) is 4.31. The smallest absolute Gasteiger partial charge is 0.165 e. The second-order valence-corrected chi connectivity index (χ2v) is 4.31. The lowest BCUT2D eigenvalue weighted by Gasteiger charge is -2.12. The van der Waals surface area contributed by atoms with E-state index in [9.17, 15) is 4.39 Å². The lowest BCUT2D eigenvalue weighted by molar-refractivity contribution is 0.199. The number of rotatable bonds is 7. The summed E-state index contributed by atoms with van der Waals surface area (Å²) in [7, 11) is 1.66. The highest BCUT2D eigenvalue weighted by atomic mass is 19.1. The predicted octanol–water partition coefficient (Wildman–Crippen LogP) is 3.35. The van der Waals surface area contributed by atoms with Crippen LogP contribution in [0.4, 0.5) is 4.39 Å². The van der Waals surface area contributed by atoms with Crippen molar-refractivity contribution in [3.63, 3.8) is 0 Å². The van der Waals surface area contributed by atoms with Crippen molar-refractivity contribution in [3.05, 3.63) is 59.9 Å². The third-order valence-electron chi connectivity index (χ3n) is 2.83. The average molecular weight is 275 g/mol. The number of methoxy groups -OCH3 is 1. The maximum atomic E-state index is 13.6. The SMILES string of the molecule is COCCNCc1ccccc1Oc1ccccc1F. The lowest BCUT2D eigenvalue weighted by atomic mass is 10.2. The minimum atomic E-state index is -0.366. The summed E-state index contributed by atoms with van der Waals surface area (Å²) in [5.74, 6) is 0.522. The van der Waals surface area contributed by atoms with Gasteiger partial charge in [-0.05, 0) is 18.2 Å². The minimum absolute atomic E-state index is 0.233. The average Bonchev–Trinajstić information content (AvgIpc) is 2.47. The number of ether oxygens (including phenoxy) is 2. The van der Waals surface area contributed by atoms with Crippen LogP contribution in [0, 0.1) is 5.82 Å². The van der Waals surface area contributed by atoms with E-state index in [0.717, 1.165) is 12.1 Å². The van der Waals surface area contributed by atoms with Crippen molar-refractivity contribution in [1.82, 2.24) is 5.32 Å². The van der Waals surface area contributed by atoms with Crippen LogP contribution < -0.4 is 10.1 Å². The van der Waals surface area contributed by atoms with Gasteiger partial charge < -0.3 is 14.8 Å². The number of hydrogen-bond acceptors (Lipinski definition) is 3. The molecule has 0 atom stereocenters. The van der Waals surface area contributed by atoms with Crippen LogP contribution in [0.2, 0.25) is 0 Å². The van der Waals surface area contributed by atoms with Gasteiger partial charge in [-0.15, -0.1) is 0 Å². The summed E-state index contributed by atoms with van der Waals surface area (Å²) in [6.07, 6.45) is 0. The van der Waals surface area contributed by atoms with Crippen LogP contribution >= 0.6 is 0 Å². The molecule has 20 heavy (non-hydrogen) atoms. The molecule has 2 aromatic rings. The van der Waals surface area contributed by atoms with Gasteiger partial charge >= 0.3 is 0 Å². The Morgan fingerprint density at radius 3 is 2.45 bits per heavy atom. The summed E-state index contributed by atoms with van der Waals surface area (Å²) >= 11 is 0. The highest BCUT2D eigenvalue weighted by Crippen LogP contribution is 2.27. The monoisotopic (exact) mass is 275 g/mol. The highest BCUT2D eigenvalue weighted by molar-refractivity contribution is 5.38. The van der Waals surface area contributed by atoms with E-state index in [1.54, 1.807) is 25.3 Å². The summed E-state index contributed by atoms with van der Waals surface area (Å²) < 4.78 is 24.2. The molecule has 4 heteroatoms. The van der Waals surface area contributed by atoms with E-state index >= 15 is 0 Å². The number of para-hydroxylation sites is 2. The van der Waals surface area contributed by atoms with Crippen LogP contribution in [0.3, 0.4) is 0 Å². The molecule has 0 saturated heterocycles. The summed E-state index contributed by atoms with van der Waals surface area (Å²) in [5, 5.41) is 3.24. The van der Waals surface area contributed by atoms with Gasteiger partial charge in [-0.2, -0.15) is 0 Å². The number of hydrogen-bond donors (Lipinski definition) is 1. The van der Waals surface area contributed by atoms with E-state index in [-0.39, 0.29) is 11.6 Å². The molecular formula is C16H18FNO2. The molecule has 1 N–H and O–H groups in total. The van der Waals surface area contributed by atoms with Crippen LogP contribution in [0.25, 0.3) is 0 Å². The van der Waals surface area contributed by atoms with Gasteiger partial charge in [0.25, 0.3) is 0 Å². The fourth-order valence-electron chi connectivity index (χ4n) is 1.79. The van der Waals surface area contributed by atoms with Crippen LogP contribution in [0.1, 0.15) is 5.56 Å². The molecule has 0 aliphatic carbocycles. The maximum absolute atomic E-state index is 13.6. The molecule has 0 bridgehead atoms. The Hall–Kier alpha value is -1.91. The van der Waals surface area contributed by atoms with Crippen LogP contribution in [-0.4, -0.2) is 20.3 Å². The molecule has 0 unspecified atom stereocenters. The molecule has 0 spiro atoms. The molecular weight excluding hydrogens is 257 g/mol. The van der Waals surface area contributed by atoms with Gasteiger partial charge in [0, 0.05) is 25.8 Å². The fourth-order valence-corrected chi connectivity index (χ4v) is 1.79. The molecule has 0 amide bonds. The quantitative estimate of drug-likeness (QED) is 0.786. The molecule has 0 aromatic heterocycles. The van der Waals surface area contributed by atoms with Crippen molar-refractivity contribution in [2.75, 3.05) is 20.3 Å². The Morgan fingerprint density at radius 2 is 1.70 bits per heavy atom. The zero-order chi connectivity index (χ0) is 14.2. The van der Waals surface area contributed by atoms with Crippen LogP contribution in [-0.2, 0) is 11.3 Å². The first-order chi connectivity index (χ1) is 9.81. The zero-order valence-electron chi connectivity index (χ0n) is 11.4. The molecule has 0 saturated carbocycles. The molecule has 106 valence electrons. The van der Waals surface area contributed by atoms with Gasteiger partial charge in [-0.25, -0.2) is 4.39 Å². The molecule has 0 radical (unpaired) electrons. The van der Waals surface area contributed by atoms with E-state index < -0.39 is 0 Å². The molecule has 2 rings (SSSR count). The van der Waals surface area contributed by atoms with Crippen LogP contribution in [0.5, 0.6) is 11.5 Å². The fraction of sp³-hybridized carbons (Fsp3) is 0.250.